The molecule has 3 heterocycles. The third-order valence-electron chi connectivity index (χ3n) is 8.67. The molecule has 0 bridgehead atoms. The zero-order chi connectivity index (χ0) is 29.3. The normalized spacial score (nSPS) is 24.7. The first-order chi connectivity index (χ1) is 19.7. The lowest BCUT2D eigenvalue weighted by atomic mass is 9.58. The fourth-order valence-corrected chi connectivity index (χ4v) is 8.14. The molecule has 2 N–H and O–H groups in total. The van der Waals surface area contributed by atoms with Gasteiger partial charge in [0.2, 0.25) is 11.8 Å². The lowest BCUT2D eigenvalue weighted by Crippen LogP contribution is -2.46. The van der Waals surface area contributed by atoms with Gasteiger partial charge in [0.25, 0.3) is 0 Å². The van der Waals surface area contributed by atoms with Crippen LogP contribution in [0.5, 0.6) is 11.5 Å². The van der Waals surface area contributed by atoms with E-state index < -0.39 is 13.0 Å². The molecular formula is C31H37BINO6S. The third kappa shape index (κ3) is 6.16. The molecule has 2 saturated heterocycles. The number of ether oxygens (including phenoxy) is 1. The SMILES string of the molecule is CCCC1=C2[C@@H](CC/C(=C/c3cc(I)c(O)c(OC)c3)CC)OB(O)C[C@@H]2[C@@H]2C(=O)N(Cc3cccs3)C(=O)[C@@H]2C1. The molecule has 3 aliphatic rings. The maximum atomic E-state index is 13.8. The maximum absolute atomic E-state index is 13.8. The van der Waals surface area contributed by atoms with Gasteiger partial charge in [-0.25, -0.2) is 0 Å². The second kappa shape index (κ2) is 13.0. The van der Waals surface area contributed by atoms with E-state index in [4.69, 9.17) is 9.39 Å². The molecule has 2 amide bonds. The van der Waals surface area contributed by atoms with E-state index in [9.17, 15) is 19.7 Å². The molecule has 1 aliphatic carbocycles. The van der Waals surface area contributed by atoms with Gasteiger partial charge >= 0.3 is 7.12 Å². The zero-order valence-electron chi connectivity index (χ0n) is 23.8. The Labute approximate surface area is 259 Å². The molecule has 0 saturated carbocycles. The Balaban J connectivity index is 1.40. The van der Waals surface area contributed by atoms with E-state index in [2.05, 4.69) is 42.5 Å². The summed E-state index contributed by atoms with van der Waals surface area (Å²) in [4.78, 5) is 29.7. The number of carbonyl (C=O) groups excluding carboxylic acids is 2. The summed E-state index contributed by atoms with van der Waals surface area (Å²) >= 11 is 3.65. The summed E-state index contributed by atoms with van der Waals surface area (Å²) in [6.45, 7) is 4.57. The van der Waals surface area contributed by atoms with Crippen molar-refractivity contribution in [2.45, 2.75) is 71.3 Å². The molecule has 0 radical (unpaired) electrons. The lowest BCUT2D eigenvalue weighted by molar-refractivity contribution is -0.140. The van der Waals surface area contributed by atoms with Crippen LogP contribution in [-0.4, -0.2) is 47.2 Å². The summed E-state index contributed by atoms with van der Waals surface area (Å²) in [5.41, 5.74) is 4.55. The van der Waals surface area contributed by atoms with E-state index in [1.165, 1.54) is 16.0 Å². The Kier molecular flexibility index (Phi) is 9.62. The molecule has 0 unspecified atom stereocenters. The number of phenolic OH excluding ortho intramolecular Hbond substituents is 1. The van der Waals surface area contributed by atoms with Crippen LogP contribution in [-0.2, 0) is 20.8 Å². The number of amides is 2. The van der Waals surface area contributed by atoms with E-state index >= 15 is 0 Å². The van der Waals surface area contributed by atoms with Crippen molar-refractivity contribution in [3.63, 3.8) is 0 Å². The number of carbonyl (C=O) groups is 2. The smallest absolute Gasteiger partial charge is 0.455 e. The molecule has 218 valence electrons. The molecule has 4 atom stereocenters. The number of thiophene rings is 1. The minimum atomic E-state index is -0.971. The summed E-state index contributed by atoms with van der Waals surface area (Å²) in [6, 6.07) is 7.66. The summed E-state index contributed by atoms with van der Waals surface area (Å²) in [5.74, 6) is -0.591. The quantitative estimate of drug-likeness (QED) is 0.129. The van der Waals surface area contributed by atoms with Crippen LogP contribution in [0.1, 0.15) is 62.8 Å². The Bertz CT molecular complexity index is 1360. The van der Waals surface area contributed by atoms with Crippen LogP contribution in [0.4, 0.5) is 0 Å². The number of benzene rings is 1. The Morgan fingerprint density at radius 3 is 2.76 bits per heavy atom. The van der Waals surface area contributed by atoms with Crippen LogP contribution >= 0.6 is 33.9 Å². The number of fused-ring (bicyclic) bond motifs is 3. The highest BCUT2D eigenvalue weighted by molar-refractivity contribution is 14.1. The average Bonchev–Trinajstić information content (AvgIpc) is 3.55. The number of rotatable bonds is 10. The first-order valence-corrected chi connectivity index (χ1v) is 16.4. The number of nitrogens with zero attached hydrogens (tertiary/aromatic N) is 1. The number of allylic oxidation sites excluding steroid dienone is 2. The van der Waals surface area contributed by atoms with Crippen LogP contribution < -0.4 is 4.74 Å². The van der Waals surface area contributed by atoms with Crippen molar-refractivity contribution in [3.8, 4) is 11.5 Å². The van der Waals surface area contributed by atoms with Crippen LogP contribution in [0.2, 0.25) is 6.32 Å². The van der Waals surface area contributed by atoms with Gasteiger partial charge in [-0.05, 0) is 102 Å². The summed E-state index contributed by atoms with van der Waals surface area (Å²) < 4.78 is 12.2. The highest BCUT2D eigenvalue weighted by atomic mass is 127. The minimum Gasteiger partial charge on any atom is -0.504 e. The average molecular weight is 689 g/mol. The second-order valence-electron chi connectivity index (χ2n) is 11.2. The van der Waals surface area contributed by atoms with Crippen LogP contribution in [0.15, 0.2) is 46.4 Å². The topological polar surface area (TPSA) is 96.3 Å². The van der Waals surface area contributed by atoms with E-state index in [0.29, 0.717) is 31.5 Å². The first kappa shape index (κ1) is 30.3. The van der Waals surface area contributed by atoms with Crippen LogP contribution in [0, 0.1) is 21.3 Å². The Hall–Kier alpha value is -2.15. The fraction of sp³-hybridized carbons (Fsp3) is 0.484. The van der Waals surface area contributed by atoms with Gasteiger partial charge in [0.15, 0.2) is 11.5 Å². The van der Waals surface area contributed by atoms with Crippen molar-refractivity contribution in [1.29, 1.82) is 0 Å². The van der Waals surface area contributed by atoms with Crippen molar-refractivity contribution in [2.24, 2.45) is 17.8 Å². The monoisotopic (exact) mass is 689 g/mol. The van der Waals surface area contributed by atoms with Gasteiger partial charge in [0.1, 0.15) is 0 Å². The third-order valence-corrected chi connectivity index (χ3v) is 10.4. The van der Waals surface area contributed by atoms with Crippen LogP contribution in [0.3, 0.4) is 0 Å². The van der Waals surface area contributed by atoms with Crippen LogP contribution in [0.25, 0.3) is 6.08 Å². The van der Waals surface area contributed by atoms with E-state index in [0.717, 1.165) is 45.3 Å². The van der Waals surface area contributed by atoms with Crippen molar-refractivity contribution < 1.29 is 29.1 Å². The molecule has 2 aromatic rings. The van der Waals surface area contributed by atoms with Gasteiger partial charge < -0.3 is 19.5 Å². The summed E-state index contributed by atoms with van der Waals surface area (Å²) in [6.07, 6.45) is 6.85. The standard InChI is InChI=1S/C31H37BINO6S/c1-4-7-20-15-22-28(31(37)34(30(22)36)17-21-8-6-11-41-21)23-16-32(38)40-25(27(20)23)10-9-18(5-2)12-19-13-24(33)29(35)26(14-19)39-3/h6,8,11-14,22-23,25,28,35,38H,4-5,7,9-10,15-17H2,1-3H3/b18-12+/t22-,23+,25-,28-/m1/s1. The Morgan fingerprint density at radius 1 is 1.27 bits per heavy atom. The zero-order valence-corrected chi connectivity index (χ0v) is 26.7. The van der Waals surface area contributed by atoms with Crippen molar-refractivity contribution in [3.05, 3.63) is 60.4 Å². The molecule has 2 fully saturated rings. The fourth-order valence-electron chi connectivity index (χ4n) is 6.82. The van der Waals surface area contributed by atoms with Gasteiger partial charge in [-0.3, -0.25) is 14.5 Å². The van der Waals surface area contributed by atoms with E-state index in [1.54, 1.807) is 18.4 Å². The lowest BCUT2D eigenvalue weighted by Gasteiger charge is -2.43. The van der Waals surface area contributed by atoms with Crippen molar-refractivity contribution >= 4 is 58.9 Å². The number of hydrogen-bond donors (Lipinski definition) is 2. The molecule has 2 aliphatic heterocycles. The first-order valence-electron chi connectivity index (χ1n) is 14.4. The molecule has 1 aromatic carbocycles. The molecular weight excluding hydrogens is 652 g/mol. The number of halogens is 1. The van der Waals surface area contributed by atoms with E-state index in [1.807, 2.05) is 29.6 Å². The molecule has 5 rings (SSSR count). The summed E-state index contributed by atoms with van der Waals surface area (Å²) in [5, 5.41) is 23.0. The van der Waals surface area contributed by atoms with Gasteiger partial charge in [0.05, 0.1) is 35.2 Å². The van der Waals surface area contributed by atoms with E-state index in [-0.39, 0.29) is 35.5 Å². The van der Waals surface area contributed by atoms with Gasteiger partial charge in [-0.15, -0.1) is 11.3 Å². The van der Waals surface area contributed by atoms with Gasteiger partial charge in [-0.1, -0.05) is 43.6 Å². The molecule has 1 aromatic heterocycles. The maximum Gasteiger partial charge on any atom is 0.455 e. The highest BCUT2D eigenvalue weighted by Crippen LogP contribution is 2.51. The van der Waals surface area contributed by atoms with Crippen molar-refractivity contribution in [1.82, 2.24) is 4.90 Å². The number of phenols is 1. The molecule has 10 heteroatoms. The molecule has 7 nitrogen and oxygen atoms in total. The minimum absolute atomic E-state index is 0.0752. The molecule has 0 spiro atoms. The number of imide groups is 1. The predicted octanol–water partition coefficient (Wildman–Crippen LogP) is 6.44. The second-order valence-corrected chi connectivity index (χ2v) is 13.4. The molecule has 41 heavy (non-hydrogen) atoms. The largest absolute Gasteiger partial charge is 0.504 e. The number of methoxy groups -OCH3 is 1. The predicted molar refractivity (Wildman–Crippen MR) is 169 cm³/mol. The number of aromatic hydroxyl groups is 1. The van der Waals surface area contributed by atoms with Gasteiger partial charge in [-0.2, -0.15) is 0 Å². The van der Waals surface area contributed by atoms with Gasteiger partial charge in [0, 0.05) is 4.88 Å². The highest BCUT2D eigenvalue weighted by Gasteiger charge is 2.57. The Morgan fingerprint density at radius 2 is 2.07 bits per heavy atom. The number of hydrogen-bond acceptors (Lipinski definition) is 7. The van der Waals surface area contributed by atoms with Crippen molar-refractivity contribution in [2.75, 3.05) is 7.11 Å². The number of likely N-dealkylation sites (tertiary alicyclic amines) is 1. The summed E-state index contributed by atoms with van der Waals surface area (Å²) in [7, 11) is 0.573.